The number of hydrogen-bond donors (Lipinski definition) is 2. The largest absolute Gasteiger partial charge is 0.356 e. The number of carbonyl (C=O) groups is 1. The standard InChI is InChI=1S/C18H24N4O/c19-16-6-4-5-15(11-16)18(23)20-10-9-14-12-21-22(13-14)17-7-2-1-3-8-17/h1-3,7-8,12-13,15-16H,4-6,9-11,19H2,(H,20,23). The lowest BCUT2D eigenvalue weighted by Crippen LogP contribution is -2.38. The van der Waals surface area contributed by atoms with Crippen LogP contribution in [0, 0.1) is 5.92 Å². The molecule has 0 aliphatic heterocycles. The van der Waals surface area contributed by atoms with Crippen molar-refractivity contribution >= 4 is 5.91 Å². The average Bonchev–Trinajstić information content (AvgIpc) is 3.04. The molecule has 3 N–H and O–H groups in total. The lowest BCUT2D eigenvalue weighted by molar-refractivity contribution is -0.126. The third kappa shape index (κ3) is 4.20. The number of hydrogen-bond acceptors (Lipinski definition) is 3. The zero-order valence-electron chi connectivity index (χ0n) is 13.3. The number of aromatic nitrogens is 2. The third-order valence-corrected chi connectivity index (χ3v) is 4.46. The molecule has 1 aliphatic rings. The molecular weight excluding hydrogens is 288 g/mol. The van der Waals surface area contributed by atoms with Crippen LogP contribution in [0.4, 0.5) is 0 Å². The molecule has 1 aromatic heterocycles. The molecule has 0 saturated heterocycles. The van der Waals surface area contributed by atoms with Gasteiger partial charge in [0.25, 0.3) is 0 Å². The van der Waals surface area contributed by atoms with Crippen LogP contribution in [0.25, 0.3) is 5.69 Å². The fourth-order valence-corrected chi connectivity index (χ4v) is 3.15. The third-order valence-electron chi connectivity index (χ3n) is 4.46. The van der Waals surface area contributed by atoms with Crippen molar-refractivity contribution in [2.45, 2.75) is 38.1 Å². The van der Waals surface area contributed by atoms with E-state index in [1.807, 2.05) is 47.4 Å². The number of para-hydroxylation sites is 1. The van der Waals surface area contributed by atoms with Gasteiger partial charge in [-0.2, -0.15) is 5.10 Å². The van der Waals surface area contributed by atoms with E-state index in [-0.39, 0.29) is 17.9 Å². The first-order valence-corrected chi connectivity index (χ1v) is 8.34. The maximum absolute atomic E-state index is 12.2. The molecule has 2 unspecified atom stereocenters. The molecular formula is C18H24N4O. The van der Waals surface area contributed by atoms with Crippen LogP contribution in [0.15, 0.2) is 42.7 Å². The molecule has 0 bridgehead atoms. The Morgan fingerprint density at radius 1 is 1.30 bits per heavy atom. The topological polar surface area (TPSA) is 72.9 Å². The van der Waals surface area contributed by atoms with E-state index in [4.69, 9.17) is 5.73 Å². The minimum Gasteiger partial charge on any atom is -0.356 e. The van der Waals surface area contributed by atoms with Gasteiger partial charge in [-0.15, -0.1) is 0 Å². The van der Waals surface area contributed by atoms with Crippen molar-refractivity contribution in [1.29, 1.82) is 0 Å². The molecule has 1 saturated carbocycles. The summed E-state index contributed by atoms with van der Waals surface area (Å²) < 4.78 is 1.86. The maximum atomic E-state index is 12.2. The van der Waals surface area contributed by atoms with Crippen LogP contribution in [0.2, 0.25) is 0 Å². The van der Waals surface area contributed by atoms with Crippen molar-refractivity contribution in [2.24, 2.45) is 11.7 Å². The van der Waals surface area contributed by atoms with Gasteiger partial charge in [0.15, 0.2) is 0 Å². The Morgan fingerprint density at radius 2 is 2.13 bits per heavy atom. The lowest BCUT2D eigenvalue weighted by Gasteiger charge is -2.25. The van der Waals surface area contributed by atoms with Crippen molar-refractivity contribution in [3.05, 3.63) is 48.3 Å². The van der Waals surface area contributed by atoms with Gasteiger partial charge in [-0.05, 0) is 43.4 Å². The molecule has 1 heterocycles. The van der Waals surface area contributed by atoms with E-state index in [1.165, 1.54) is 0 Å². The summed E-state index contributed by atoms with van der Waals surface area (Å²) in [6.07, 6.45) is 8.54. The van der Waals surface area contributed by atoms with Crippen molar-refractivity contribution < 1.29 is 4.79 Å². The van der Waals surface area contributed by atoms with E-state index in [9.17, 15) is 4.79 Å². The summed E-state index contributed by atoms with van der Waals surface area (Å²) in [6, 6.07) is 10.2. The van der Waals surface area contributed by atoms with Gasteiger partial charge in [0, 0.05) is 24.7 Å². The zero-order chi connectivity index (χ0) is 16.1. The summed E-state index contributed by atoms with van der Waals surface area (Å²) in [6.45, 7) is 0.644. The van der Waals surface area contributed by atoms with Crippen LogP contribution in [0.1, 0.15) is 31.2 Å². The maximum Gasteiger partial charge on any atom is 0.223 e. The molecule has 23 heavy (non-hydrogen) atoms. The molecule has 5 nitrogen and oxygen atoms in total. The first kappa shape index (κ1) is 15.7. The molecule has 1 aromatic carbocycles. The first-order chi connectivity index (χ1) is 11.2. The predicted octanol–water partition coefficient (Wildman–Crippen LogP) is 2.05. The fourth-order valence-electron chi connectivity index (χ4n) is 3.15. The van der Waals surface area contributed by atoms with Crippen LogP contribution >= 0.6 is 0 Å². The molecule has 122 valence electrons. The number of nitrogens with one attached hydrogen (secondary N) is 1. The molecule has 1 amide bonds. The lowest BCUT2D eigenvalue weighted by atomic mass is 9.85. The fraction of sp³-hybridized carbons (Fsp3) is 0.444. The first-order valence-electron chi connectivity index (χ1n) is 8.34. The average molecular weight is 312 g/mol. The highest BCUT2D eigenvalue weighted by Crippen LogP contribution is 2.23. The van der Waals surface area contributed by atoms with Gasteiger partial charge in [-0.25, -0.2) is 4.68 Å². The van der Waals surface area contributed by atoms with E-state index >= 15 is 0 Å². The highest BCUT2D eigenvalue weighted by Gasteiger charge is 2.24. The molecule has 3 rings (SSSR count). The number of amides is 1. The van der Waals surface area contributed by atoms with Gasteiger partial charge in [-0.3, -0.25) is 4.79 Å². The Hall–Kier alpha value is -2.14. The molecule has 5 heteroatoms. The van der Waals surface area contributed by atoms with Crippen molar-refractivity contribution in [1.82, 2.24) is 15.1 Å². The predicted molar refractivity (Wildman–Crippen MR) is 90.2 cm³/mol. The molecule has 1 aliphatic carbocycles. The summed E-state index contributed by atoms with van der Waals surface area (Å²) in [5.41, 5.74) is 8.11. The molecule has 2 aromatic rings. The van der Waals surface area contributed by atoms with E-state index in [1.54, 1.807) is 0 Å². The number of carbonyl (C=O) groups excluding carboxylic acids is 1. The quantitative estimate of drug-likeness (QED) is 0.887. The Balaban J connectivity index is 1.47. The van der Waals surface area contributed by atoms with E-state index in [0.29, 0.717) is 6.54 Å². The second-order valence-electron chi connectivity index (χ2n) is 6.29. The summed E-state index contributed by atoms with van der Waals surface area (Å²) in [4.78, 5) is 12.2. The summed E-state index contributed by atoms with van der Waals surface area (Å²) in [5, 5.41) is 7.41. The summed E-state index contributed by atoms with van der Waals surface area (Å²) in [7, 11) is 0. The molecule has 2 atom stereocenters. The Morgan fingerprint density at radius 3 is 2.91 bits per heavy atom. The molecule has 0 radical (unpaired) electrons. The van der Waals surface area contributed by atoms with Gasteiger partial charge in [0.1, 0.15) is 0 Å². The SMILES string of the molecule is NC1CCCC(C(=O)NCCc2cnn(-c3ccccc3)c2)C1. The highest BCUT2D eigenvalue weighted by atomic mass is 16.1. The van der Waals surface area contributed by atoms with E-state index in [0.717, 1.165) is 43.4 Å². The van der Waals surface area contributed by atoms with Gasteiger partial charge in [0.05, 0.1) is 11.9 Å². The normalized spacial score (nSPS) is 21.1. The summed E-state index contributed by atoms with van der Waals surface area (Å²) in [5.74, 6) is 0.237. The van der Waals surface area contributed by atoms with Crippen LogP contribution in [0.5, 0.6) is 0 Å². The van der Waals surface area contributed by atoms with Gasteiger partial charge >= 0.3 is 0 Å². The number of benzene rings is 1. The second kappa shape index (κ2) is 7.42. The molecule has 0 spiro atoms. The minimum atomic E-state index is 0.0887. The Kier molecular flexibility index (Phi) is 5.08. The number of rotatable bonds is 5. The van der Waals surface area contributed by atoms with Crippen molar-refractivity contribution in [3.8, 4) is 5.69 Å². The van der Waals surface area contributed by atoms with Gasteiger partial charge in [-0.1, -0.05) is 24.6 Å². The second-order valence-corrected chi connectivity index (χ2v) is 6.29. The summed E-state index contributed by atoms with van der Waals surface area (Å²) >= 11 is 0. The van der Waals surface area contributed by atoms with Crippen LogP contribution < -0.4 is 11.1 Å². The zero-order valence-corrected chi connectivity index (χ0v) is 13.3. The van der Waals surface area contributed by atoms with Crippen LogP contribution in [-0.2, 0) is 11.2 Å². The van der Waals surface area contributed by atoms with Gasteiger partial charge in [0.2, 0.25) is 5.91 Å². The van der Waals surface area contributed by atoms with Crippen LogP contribution in [0.3, 0.4) is 0 Å². The van der Waals surface area contributed by atoms with E-state index in [2.05, 4.69) is 10.4 Å². The number of nitrogens with zero attached hydrogens (tertiary/aromatic N) is 2. The Labute approximate surface area is 136 Å². The number of nitrogens with two attached hydrogens (primary N) is 1. The monoisotopic (exact) mass is 312 g/mol. The van der Waals surface area contributed by atoms with Gasteiger partial charge < -0.3 is 11.1 Å². The Bertz CT molecular complexity index is 637. The van der Waals surface area contributed by atoms with Crippen LogP contribution in [-0.4, -0.2) is 28.3 Å². The minimum absolute atomic E-state index is 0.0887. The smallest absolute Gasteiger partial charge is 0.223 e. The highest BCUT2D eigenvalue weighted by molar-refractivity contribution is 5.78. The molecule has 1 fully saturated rings. The van der Waals surface area contributed by atoms with Crippen molar-refractivity contribution in [3.63, 3.8) is 0 Å². The van der Waals surface area contributed by atoms with E-state index < -0.39 is 0 Å². The van der Waals surface area contributed by atoms with Crippen molar-refractivity contribution in [2.75, 3.05) is 6.54 Å².